The van der Waals surface area contributed by atoms with Gasteiger partial charge in [-0.1, -0.05) is 30.3 Å². The first-order chi connectivity index (χ1) is 7.77. The molecule has 0 bridgehead atoms. The lowest BCUT2D eigenvalue weighted by Gasteiger charge is -1.87. The van der Waals surface area contributed by atoms with E-state index in [9.17, 15) is 4.79 Å². The summed E-state index contributed by atoms with van der Waals surface area (Å²) in [6.07, 6.45) is 0. The third-order valence-corrected chi connectivity index (χ3v) is 1.22. The number of hydrogen-bond acceptors (Lipinski definition) is 1. The molecule has 0 fully saturated rings. The van der Waals surface area contributed by atoms with Gasteiger partial charge in [-0.3, -0.25) is 4.79 Å². The molecule has 0 heterocycles. The molecule has 0 spiro atoms. The van der Waals surface area contributed by atoms with E-state index in [0.29, 0.717) is 5.56 Å². The van der Waals surface area contributed by atoms with Crippen LogP contribution in [0.2, 0.25) is 0 Å². The first-order valence-corrected chi connectivity index (χ1v) is 14.7. The van der Waals surface area contributed by atoms with Crippen molar-refractivity contribution in [1.29, 1.82) is 0 Å². The zero-order valence-corrected chi connectivity index (χ0v) is 15.7. The SMILES string of the molecule is O=C(Cl)c1ccccc1.[Cl][Al]([Cl])[Cl].[Cl][Al]([Cl])[Cl]. The topological polar surface area (TPSA) is 17.1 Å². The average molecular weight is 407 g/mol. The van der Waals surface area contributed by atoms with Gasteiger partial charge >= 0.3 is 22.8 Å². The van der Waals surface area contributed by atoms with Crippen LogP contribution in [0, 0.1) is 0 Å². The molecule has 0 atom stereocenters. The van der Waals surface area contributed by atoms with Crippen LogP contribution in [0.5, 0.6) is 0 Å². The number of carbonyl (C=O) groups is 1. The van der Waals surface area contributed by atoms with E-state index < -0.39 is 28.0 Å². The molecule has 0 saturated heterocycles. The molecule has 0 N–H and O–H groups in total. The van der Waals surface area contributed by atoms with E-state index in [4.69, 9.17) is 71.9 Å². The Labute approximate surface area is 139 Å². The largest absolute Gasteiger partial charge is 0.643 e. The minimum absolute atomic E-state index is 0.407. The fraction of sp³-hybridized carbons (Fsp3) is 0. The average Bonchev–Trinajstić information content (AvgIpc) is 2.17. The van der Waals surface area contributed by atoms with Gasteiger partial charge in [0.05, 0.1) is 0 Å². The molecule has 0 aliphatic rings. The molecule has 17 heavy (non-hydrogen) atoms. The van der Waals surface area contributed by atoms with Crippen LogP contribution in [0.15, 0.2) is 30.3 Å². The number of rotatable bonds is 1. The van der Waals surface area contributed by atoms with E-state index in [0.717, 1.165) is 0 Å². The summed E-state index contributed by atoms with van der Waals surface area (Å²) in [7, 11) is 29.7. The summed E-state index contributed by atoms with van der Waals surface area (Å²) < 4.78 is 0. The second-order valence-corrected chi connectivity index (χ2v) is 15.3. The molecular weight excluding hydrogens is 402 g/mol. The highest BCUT2D eigenvalue weighted by Gasteiger charge is 2.00. The van der Waals surface area contributed by atoms with Gasteiger partial charge in [-0.25, -0.2) is 60.3 Å². The highest BCUT2D eigenvalue weighted by atomic mass is 35.8. The summed E-state index contributed by atoms with van der Waals surface area (Å²) >= 11 is 1.72. The van der Waals surface area contributed by atoms with E-state index in [1.54, 1.807) is 24.3 Å². The fourth-order valence-corrected chi connectivity index (χ4v) is 0.695. The molecule has 0 saturated carbocycles. The Kier molecular flexibility index (Phi) is 18.0. The highest BCUT2D eigenvalue weighted by Crippen LogP contribution is 2.01. The Balaban J connectivity index is 0. The summed E-state index contributed by atoms with van der Waals surface area (Å²) in [6.45, 7) is 0. The zero-order chi connectivity index (χ0) is 13.8. The zero-order valence-electron chi connectivity index (χ0n) is 8.10. The molecule has 1 aromatic rings. The second kappa shape index (κ2) is 14.4. The first kappa shape index (κ1) is 21.3. The Bertz CT molecular complexity index is 284. The third-order valence-electron chi connectivity index (χ3n) is 1.00. The van der Waals surface area contributed by atoms with Crippen LogP contribution in [-0.2, 0) is 0 Å². The summed E-state index contributed by atoms with van der Waals surface area (Å²) in [5, 5.41) is -0.407. The summed E-state index contributed by atoms with van der Waals surface area (Å²) in [5.74, 6) is 0. The van der Waals surface area contributed by atoms with Crippen molar-refractivity contribution in [1.82, 2.24) is 0 Å². The van der Waals surface area contributed by atoms with Gasteiger partial charge in [0.1, 0.15) is 0 Å². The Morgan fingerprint density at radius 3 is 1.29 bits per heavy atom. The van der Waals surface area contributed by atoms with Crippen molar-refractivity contribution in [2.24, 2.45) is 0 Å². The molecule has 0 aromatic heterocycles. The van der Waals surface area contributed by atoms with Gasteiger partial charge in [0.2, 0.25) is 0 Å². The fourth-order valence-electron chi connectivity index (χ4n) is 0.569. The molecule has 0 aliphatic heterocycles. The quantitative estimate of drug-likeness (QED) is 0.448. The maximum absolute atomic E-state index is 10.4. The van der Waals surface area contributed by atoms with Crippen LogP contribution in [0.25, 0.3) is 0 Å². The number of hydrogen-bond donors (Lipinski definition) is 0. The second-order valence-electron chi connectivity index (χ2n) is 2.13. The van der Waals surface area contributed by atoms with Gasteiger partial charge in [-0.15, -0.1) is 0 Å². The molecule has 0 unspecified atom stereocenters. The minimum Gasteiger partial charge on any atom is -0.276 e. The predicted molar refractivity (Wildman–Crippen MR) is 83.3 cm³/mol. The van der Waals surface area contributed by atoms with Crippen molar-refractivity contribution in [2.45, 2.75) is 0 Å². The molecule has 0 radical (unpaired) electrons. The summed E-state index contributed by atoms with van der Waals surface area (Å²) in [4.78, 5) is 10.4. The van der Waals surface area contributed by atoms with Crippen LogP contribution in [0.4, 0.5) is 0 Å². The van der Waals surface area contributed by atoms with Crippen molar-refractivity contribution in [3.8, 4) is 0 Å². The number of halogens is 7. The molecule has 94 valence electrons. The number of carbonyl (C=O) groups excluding carboxylic acids is 1. The normalized spacial score (nSPS) is 7.94. The number of benzene rings is 1. The predicted octanol–water partition coefficient (Wildman–Crippen LogP) is 5.44. The Morgan fingerprint density at radius 1 is 0.824 bits per heavy atom. The summed E-state index contributed by atoms with van der Waals surface area (Å²) in [5.41, 5.74) is 0.541. The van der Waals surface area contributed by atoms with E-state index in [-0.39, 0.29) is 0 Å². The smallest absolute Gasteiger partial charge is 0.276 e. The van der Waals surface area contributed by atoms with Gasteiger partial charge in [0.15, 0.2) is 0 Å². The maximum atomic E-state index is 10.4. The molecule has 1 nitrogen and oxygen atoms in total. The lowest BCUT2D eigenvalue weighted by molar-refractivity contribution is 0.108. The van der Waals surface area contributed by atoms with Crippen molar-refractivity contribution in [3.05, 3.63) is 35.9 Å². The molecule has 1 rings (SSSR count). The molecular formula is C7H5Al2Cl7O. The van der Waals surface area contributed by atoms with Crippen molar-refractivity contribution >= 4 is 99.9 Å². The van der Waals surface area contributed by atoms with E-state index >= 15 is 0 Å². The van der Waals surface area contributed by atoms with Gasteiger partial charge < -0.3 is 0 Å². The van der Waals surface area contributed by atoms with Gasteiger partial charge in [-0.2, -0.15) is 0 Å². The van der Waals surface area contributed by atoms with Crippen LogP contribution < -0.4 is 0 Å². The Hall–Kier alpha value is 1.98. The molecule has 0 amide bonds. The molecule has 10 heteroatoms. The summed E-state index contributed by atoms with van der Waals surface area (Å²) in [6, 6.07) is 8.74. The van der Waals surface area contributed by atoms with Crippen molar-refractivity contribution in [3.63, 3.8) is 0 Å². The molecule has 1 aromatic carbocycles. The first-order valence-electron chi connectivity index (χ1n) is 3.86. The lowest BCUT2D eigenvalue weighted by atomic mass is 10.2. The van der Waals surface area contributed by atoms with Crippen molar-refractivity contribution < 1.29 is 4.79 Å². The van der Waals surface area contributed by atoms with E-state index in [1.165, 1.54) is 0 Å². The van der Waals surface area contributed by atoms with Crippen LogP contribution in [-0.4, -0.2) is 28.0 Å². The maximum Gasteiger partial charge on any atom is 0.643 e. The third kappa shape index (κ3) is 23.5. The Morgan fingerprint density at radius 2 is 1.12 bits per heavy atom. The minimum atomic E-state index is -1.72. The van der Waals surface area contributed by atoms with Gasteiger partial charge in [-0.05, 0) is 11.6 Å². The van der Waals surface area contributed by atoms with Gasteiger partial charge in [0, 0.05) is 5.56 Å². The highest BCUT2D eigenvalue weighted by molar-refractivity contribution is 7.54. The van der Waals surface area contributed by atoms with E-state index in [2.05, 4.69) is 0 Å². The van der Waals surface area contributed by atoms with Crippen LogP contribution >= 0.6 is 71.9 Å². The van der Waals surface area contributed by atoms with Crippen LogP contribution in [0.1, 0.15) is 10.4 Å². The van der Waals surface area contributed by atoms with Crippen molar-refractivity contribution in [2.75, 3.05) is 0 Å². The lowest BCUT2D eigenvalue weighted by Crippen LogP contribution is -1.84. The standard InChI is InChI=1S/C7H5ClO.2Al.6ClH/c8-7(9)6-4-2-1-3-5-6;;;;;;;;/h1-5H;;;6*1H/q;2*+3;;;;;;/p-6. The molecule has 0 aliphatic carbocycles. The van der Waals surface area contributed by atoms with Crippen LogP contribution in [0.3, 0.4) is 0 Å². The van der Waals surface area contributed by atoms with Gasteiger partial charge in [0.25, 0.3) is 5.24 Å². The monoisotopic (exact) mass is 404 g/mol. The van der Waals surface area contributed by atoms with E-state index in [1.807, 2.05) is 6.07 Å².